The predicted octanol–water partition coefficient (Wildman–Crippen LogP) is 4.49. The molecule has 0 aliphatic heterocycles. The standard InChI is InChI=1S/C21H21N9O2S/c1-13-5-6-15(11-19(13)33(31,32)28-27-22)24-21-23-10-9-20(25-21)29(3)16-7-8-17-14(2)30(4)26-18(17)12-16/h5-12H,1-4H3,(H,23,24,25). The number of nitrogens with zero attached hydrogens (tertiary/aromatic N) is 8. The van der Waals surface area contributed by atoms with E-state index in [2.05, 4.69) is 29.8 Å². The second-order valence-corrected chi connectivity index (χ2v) is 9.01. The van der Waals surface area contributed by atoms with Crippen LogP contribution in [-0.2, 0) is 17.1 Å². The highest BCUT2D eigenvalue weighted by Gasteiger charge is 2.16. The first-order valence-electron chi connectivity index (χ1n) is 9.89. The number of hydrogen-bond donors (Lipinski definition) is 1. The second kappa shape index (κ2) is 8.41. The zero-order valence-electron chi connectivity index (χ0n) is 18.4. The minimum absolute atomic E-state index is 0.0856. The molecule has 2 aromatic heterocycles. The second-order valence-electron chi connectivity index (χ2n) is 7.46. The number of sulfonamides is 1. The summed E-state index contributed by atoms with van der Waals surface area (Å²) in [5, 5.41) is 8.63. The lowest BCUT2D eigenvalue weighted by Crippen LogP contribution is -2.12. The summed E-state index contributed by atoms with van der Waals surface area (Å²) in [6.07, 6.45) is 1.61. The average Bonchev–Trinajstić information content (AvgIpc) is 3.07. The number of aromatic nitrogens is 4. The Morgan fingerprint density at radius 2 is 1.94 bits per heavy atom. The van der Waals surface area contributed by atoms with E-state index in [0.29, 0.717) is 17.1 Å². The molecule has 168 valence electrons. The third-order valence-electron chi connectivity index (χ3n) is 5.35. The molecule has 0 unspecified atom stereocenters. The van der Waals surface area contributed by atoms with Crippen molar-refractivity contribution in [1.82, 2.24) is 19.7 Å². The van der Waals surface area contributed by atoms with Gasteiger partial charge >= 0.3 is 0 Å². The summed E-state index contributed by atoms with van der Waals surface area (Å²) in [7, 11) is -0.321. The van der Waals surface area contributed by atoms with Gasteiger partial charge in [-0.05, 0) is 61.3 Å². The number of rotatable bonds is 6. The van der Waals surface area contributed by atoms with Gasteiger partial charge in [0, 0.05) is 52.2 Å². The molecule has 0 radical (unpaired) electrons. The van der Waals surface area contributed by atoms with Crippen molar-refractivity contribution in [3.8, 4) is 0 Å². The van der Waals surface area contributed by atoms with Crippen LogP contribution in [0.5, 0.6) is 0 Å². The topological polar surface area (TPSA) is 142 Å². The normalized spacial score (nSPS) is 11.3. The summed E-state index contributed by atoms with van der Waals surface area (Å²) < 4.78 is 29.1. The summed E-state index contributed by atoms with van der Waals surface area (Å²) in [4.78, 5) is 13.0. The van der Waals surface area contributed by atoms with E-state index >= 15 is 0 Å². The van der Waals surface area contributed by atoms with Crippen LogP contribution < -0.4 is 10.2 Å². The zero-order chi connectivity index (χ0) is 23.8. The van der Waals surface area contributed by atoms with E-state index in [1.165, 1.54) is 6.07 Å². The van der Waals surface area contributed by atoms with E-state index < -0.39 is 10.0 Å². The SMILES string of the molecule is Cc1ccc(Nc2nccc(N(C)c3ccc4c(C)n(C)nc4c3)n2)cc1S(=O)(=O)N=[N+]=[N-]. The molecule has 33 heavy (non-hydrogen) atoms. The molecule has 0 saturated carbocycles. The van der Waals surface area contributed by atoms with E-state index in [0.717, 1.165) is 22.3 Å². The van der Waals surface area contributed by atoms with Gasteiger partial charge in [-0.1, -0.05) is 6.07 Å². The molecule has 0 bridgehead atoms. The Kier molecular flexibility index (Phi) is 5.62. The highest BCUT2D eigenvalue weighted by molar-refractivity contribution is 7.90. The maximum Gasteiger partial charge on any atom is 0.264 e. The van der Waals surface area contributed by atoms with Gasteiger partial charge in [-0.3, -0.25) is 4.68 Å². The fourth-order valence-electron chi connectivity index (χ4n) is 3.43. The van der Waals surface area contributed by atoms with Crippen molar-refractivity contribution in [2.75, 3.05) is 17.3 Å². The zero-order valence-corrected chi connectivity index (χ0v) is 19.2. The van der Waals surface area contributed by atoms with E-state index in [-0.39, 0.29) is 10.8 Å². The van der Waals surface area contributed by atoms with Crippen LogP contribution in [-0.4, -0.2) is 35.2 Å². The molecule has 4 rings (SSSR count). The van der Waals surface area contributed by atoms with Gasteiger partial charge in [-0.15, -0.1) is 0 Å². The van der Waals surface area contributed by atoms with Crippen LogP contribution in [0.2, 0.25) is 0 Å². The monoisotopic (exact) mass is 463 g/mol. The van der Waals surface area contributed by atoms with Crippen molar-refractivity contribution in [2.45, 2.75) is 18.7 Å². The van der Waals surface area contributed by atoms with Crippen LogP contribution in [0.3, 0.4) is 0 Å². The molecule has 0 saturated heterocycles. The molecule has 0 spiro atoms. The van der Waals surface area contributed by atoms with Crippen LogP contribution in [0.4, 0.5) is 23.1 Å². The number of nitrogens with one attached hydrogen (secondary N) is 1. The van der Waals surface area contributed by atoms with Crippen molar-refractivity contribution in [3.63, 3.8) is 0 Å². The molecule has 0 aliphatic carbocycles. The van der Waals surface area contributed by atoms with Crippen molar-refractivity contribution in [2.24, 2.45) is 11.6 Å². The molecule has 1 N–H and O–H groups in total. The Morgan fingerprint density at radius 3 is 2.70 bits per heavy atom. The number of fused-ring (bicyclic) bond motifs is 1. The Bertz CT molecular complexity index is 1520. The molecule has 4 aromatic rings. The summed E-state index contributed by atoms with van der Waals surface area (Å²) in [5.74, 6) is 0.915. The molecule has 11 nitrogen and oxygen atoms in total. The maximum atomic E-state index is 12.2. The van der Waals surface area contributed by atoms with Gasteiger partial charge in [0.25, 0.3) is 10.0 Å². The van der Waals surface area contributed by atoms with Crippen LogP contribution in [0, 0.1) is 13.8 Å². The molecular weight excluding hydrogens is 442 g/mol. The van der Waals surface area contributed by atoms with Crippen molar-refractivity contribution < 1.29 is 8.42 Å². The highest BCUT2D eigenvalue weighted by atomic mass is 32.2. The molecule has 0 amide bonds. The third kappa shape index (κ3) is 4.29. The van der Waals surface area contributed by atoms with Crippen LogP contribution in [0.1, 0.15) is 11.3 Å². The summed E-state index contributed by atoms with van der Waals surface area (Å²) in [6.45, 7) is 3.64. The maximum absolute atomic E-state index is 12.2. The van der Waals surface area contributed by atoms with Gasteiger partial charge in [0.1, 0.15) is 5.82 Å². The van der Waals surface area contributed by atoms with E-state index in [1.54, 1.807) is 31.3 Å². The van der Waals surface area contributed by atoms with E-state index in [9.17, 15) is 8.42 Å². The van der Waals surface area contributed by atoms with Gasteiger partial charge < -0.3 is 10.2 Å². The minimum Gasteiger partial charge on any atom is -0.329 e. The number of benzene rings is 2. The van der Waals surface area contributed by atoms with Crippen molar-refractivity contribution in [3.05, 3.63) is 70.4 Å². The lowest BCUT2D eigenvalue weighted by Gasteiger charge is -2.19. The van der Waals surface area contributed by atoms with Crippen LogP contribution in [0.15, 0.2) is 58.1 Å². The largest absolute Gasteiger partial charge is 0.329 e. The van der Waals surface area contributed by atoms with Crippen molar-refractivity contribution >= 4 is 44.1 Å². The fourth-order valence-corrected chi connectivity index (χ4v) is 4.37. The molecule has 0 atom stereocenters. The Labute approximate surface area is 190 Å². The van der Waals surface area contributed by atoms with Crippen LogP contribution >= 0.6 is 0 Å². The molecule has 12 heteroatoms. The Morgan fingerprint density at radius 1 is 1.15 bits per heavy atom. The fraction of sp³-hybridized carbons (Fsp3) is 0.190. The lowest BCUT2D eigenvalue weighted by atomic mass is 10.2. The number of hydrogen-bond acceptors (Lipinski definition) is 7. The van der Waals surface area contributed by atoms with Gasteiger partial charge in [-0.25, -0.2) is 13.4 Å². The van der Waals surface area contributed by atoms with Crippen LogP contribution in [0.25, 0.3) is 21.3 Å². The molecule has 2 aromatic carbocycles. The predicted molar refractivity (Wildman–Crippen MR) is 126 cm³/mol. The average molecular weight is 464 g/mol. The number of anilines is 4. The van der Waals surface area contributed by atoms with Gasteiger partial charge in [-0.2, -0.15) is 10.1 Å². The number of aryl methyl sites for hydroxylation is 3. The third-order valence-corrected chi connectivity index (χ3v) is 6.64. The first-order chi connectivity index (χ1) is 15.7. The molecule has 0 fully saturated rings. The van der Waals surface area contributed by atoms with E-state index in [1.807, 2.05) is 48.8 Å². The van der Waals surface area contributed by atoms with Gasteiger partial charge in [0.15, 0.2) is 0 Å². The quantitative estimate of drug-likeness (QED) is 0.252. The summed E-state index contributed by atoms with van der Waals surface area (Å²) in [6, 6.07) is 12.5. The first kappa shape index (κ1) is 22.1. The Balaban J connectivity index is 1.63. The highest BCUT2D eigenvalue weighted by Crippen LogP contribution is 2.28. The smallest absolute Gasteiger partial charge is 0.264 e. The lowest BCUT2D eigenvalue weighted by molar-refractivity contribution is 0.597. The van der Waals surface area contributed by atoms with Crippen molar-refractivity contribution in [1.29, 1.82) is 0 Å². The summed E-state index contributed by atoms with van der Waals surface area (Å²) in [5.41, 5.74) is 12.3. The van der Waals surface area contributed by atoms with Gasteiger partial charge in [0.2, 0.25) is 5.95 Å². The van der Waals surface area contributed by atoms with Gasteiger partial charge in [0.05, 0.1) is 10.4 Å². The first-order valence-corrected chi connectivity index (χ1v) is 11.3. The Hall–Kier alpha value is -4.15. The minimum atomic E-state index is -4.12. The molecular formula is C21H21N9O2S. The number of azide groups is 1. The van der Waals surface area contributed by atoms with E-state index in [4.69, 9.17) is 5.53 Å². The molecule has 2 heterocycles. The molecule has 0 aliphatic rings. The summed E-state index contributed by atoms with van der Waals surface area (Å²) >= 11 is 0.